The van der Waals surface area contributed by atoms with Crippen LogP contribution >= 0.6 is 0 Å². The fourth-order valence-corrected chi connectivity index (χ4v) is 2.48. The molecule has 3 rings (SSSR count). The first-order valence-electron chi connectivity index (χ1n) is 7.29. The monoisotopic (exact) mass is 300 g/mol. The second-order valence-corrected chi connectivity index (χ2v) is 5.38. The Hall–Kier alpha value is -2.43. The normalized spacial score (nSPS) is 17.7. The maximum Gasteiger partial charge on any atom is 0.414 e. The summed E-state index contributed by atoms with van der Waals surface area (Å²) in [4.78, 5) is 17.5. The molecule has 0 unspecified atom stereocenters. The van der Waals surface area contributed by atoms with Crippen LogP contribution < -0.4 is 4.90 Å². The van der Waals surface area contributed by atoms with Gasteiger partial charge in [-0.2, -0.15) is 0 Å². The van der Waals surface area contributed by atoms with Crippen molar-refractivity contribution >= 4 is 11.8 Å². The third-order valence-electron chi connectivity index (χ3n) is 3.82. The number of aryl methyl sites for hydroxylation is 1. The maximum atomic E-state index is 14.4. The molecule has 2 aromatic rings. The molecule has 0 bridgehead atoms. The van der Waals surface area contributed by atoms with Crippen molar-refractivity contribution in [3.63, 3.8) is 0 Å². The zero-order chi connectivity index (χ0) is 15.7. The molecule has 0 radical (unpaired) electrons. The lowest BCUT2D eigenvalue weighted by atomic mass is 10.1. The first-order valence-corrected chi connectivity index (χ1v) is 7.29. The molecule has 1 aromatic heterocycles. The van der Waals surface area contributed by atoms with E-state index in [1.165, 1.54) is 11.0 Å². The van der Waals surface area contributed by atoms with Crippen molar-refractivity contribution in [1.29, 1.82) is 0 Å². The predicted molar refractivity (Wildman–Crippen MR) is 82.3 cm³/mol. The molecule has 0 aliphatic carbocycles. The molecule has 1 amide bonds. The number of aromatic nitrogens is 1. The van der Waals surface area contributed by atoms with E-state index in [0.717, 1.165) is 12.1 Å². The van der Waals surface area contributed by atoms with Gasteiger partial charge in [0.1, 0.15) is 11.9 Å². The first-order chi connectivity index (χ1) is 10.6. The van der Waals surface area contributed by atoms with Crippen molar-refractivity contribution in [1.82, 2.24) is 4.98 Å². The van der Waals surface area contributed by atoms with Crippen molar-refractivity contribution < 1.29 is 13.9 Å². The van der Waals surface area contributed by atoms with E-state index < -0.39 is 6.09 Å². The number of halogens is 1. The minimum absolute atomic E-state index is 0.128. The summed E-state index contributed by atoms with van der Waals surface area (Å²) in [6, 6.07) is 8.44. The van der Waals surface area contributed by atoms with Crippen LogP contribution in [0, 0.1) is 12.7 Å². The summed E-state index contributed by atoms with van der Waals surface area (Å²) >= 11 is 0. The Morgan fingerprint density at radius 1 is 1.36 bits per heavy atom. The van der Waals surface area contributed by atoms with E-state index in [0.29, 0.717) is 23.4 Å². The molecule has 22 heavy (non-hydrogen) atoms. The number of hydrogen-bond donors (Lipinski definition) is 0. The Bertz CT molecular complexity index is 700. The number of rotatable bonds is 3. The van der Waals surface area contributed by atoms with Crippen LogP contribution in [0.15, 0.2) is 36.5 Å². The molecule has 1 aliphatic rings. The standard InChI is InChI=1S/C17H17FN2O2/c1-3-14-10-20(17(21)22-14)13-6-7-15(16(18)8-13)12-5-4-11(2)19-9-12/h4-9,14H,3,10H2,1-2H3/t14-/m0/s1. The van der Waals surface area contributed by atoms with Crippen LogP contribution in [-0.2, 0) is 4.74 Å². The summed E-state index contributed by atoms with van der Waals surface area (Å²) in [5.41, 5.74) is 2.58. The molecule has 0 spiro atoms. The second-order valence-electron chi connectivity index (χ2n) is 5.38. The van der Waals surface area contributed by atoms with Crippen molar-refractivity contribution in [2.24, 2.45) is 0 Å². The summed E-state index contributed by atoms with van der Waals surface area (Å²) in [7, 11) is 0. The molecule has 1 atom stereocenters. The Morgan fingerprint density at radius 3 is 2.77 bits per heavy atom. The highest BCUT2D eigenvalue weighted by Crippen LogP contribution is 2.29. The van der Waals surface area contributed by atoms with Gasteiger partial charge in [-0.3, -0.25) is 9.88 Å². The van der Waals surface area contributed by atoms with Crippen LogP contribution in [0.3, 0.4) is 0 Å². The number of nitrogens with zero attached hydrogens (tertiary/aromatic N) is 2. The van der Waals surface area contributed by atoms with Gasteiger partial charge in [0.25, 0.3) is 0 Å². The number of carbonyl (C=O) groups excluding carboxylic acids is 1. The number of amides is 1. The van der Waals surface area contributed by atoms with Crippen LogP contribution in [0.25, 0.3) is 11.1 Å². The van der Waals surface area contributed by atoms with Crippen molar-refractivity contribution in [3.05, 3.63) is 48.0 Å². The topological polar surface area (TPSA) is 42.4 Å². The first kappa shape index (κ1) is 14.5. The molecule has 5 heteroatoms. The average molecular weight is 300 g/mol. The predicted octanol–water partition coefficient (Wildman–Crippen LogP) is 3.93. The van der Waals surface area contributed by atoms with E-state index >= 15 is 0 Å². The zero-order valence-electron chi connectivity index (χ0n) is 12.5. The van der Waals surface area contributed by atoms with Gasteiger partial charge in [0.15, 0.2) is 0 Å². The van der Waals surface area contributed by atoms with Crippen molar-refractivity contribution in [2.75, 3.05) is 11.4 Å². The summed E-state index contributed by atoms with van der Waals surface area (Å²) in [5, 5.41) is 0. The van der Waals surface area contributed by atoms with Crippen LogP contribution in [0.2, 0.25) is 0 Å². The van der Waals surface area contributed by atoms with Crippen molar-refractivity contribution in [2.45, 2.75) is 26.4 Å². The molecule has 2 heterocycles. The molecular formula is C17H17FN2O2. The lowest BCUT2D eigenvalue weighted by molar-refractivity contribution is 0.139. The van der Waals surface area contributed by atoms with Gasteiger partial charge < -0.3 is 4.74 Å². The van der Waals surface area contributed by atoms with Gasteiger partial charge in [-0.25, -0.2) is 9.18 Å². The van der Waals surface area contributed by atoms with E-state index in [2.05, 4.69) is 4.98 Å². The Morgan fingerprint density at radius 2 is 2.18 bits per heavy atom. The van der Waals surface area contributed by atoms with Gasteiger partial charge in [0.05, 0.1) is 12.2 Å². The Kier molecular flexibility index (Phi) is 3.79. The fraction of sp³-hybridized carbons (Fsp3) is 0.294. The maximum absolute atomic E-state index is 14.4. The van der Waals surface area contributed by atoms with E-state index in [1.807, 2.05) is 26.0 Å². The van der Waals surface area contributed by atoms with Crippen LogP contribution in [0.5, 0.6) is 0 Å². The van der Waals surface area contributed by atoms with Crippen LogP contribution in [0.1, 0.15) is 19.0 Å². The number of carbonyl (C=O) groups is 1. The number of hydrogen-bond acceptors (Lipinski definition) is 3. The molecule has 1 aromatic carbocycles. The highest BCUT2D eigenvalue weighted by molar-refractivity contribution is 5.90. The third-order valence-corrected chi connectivity index (χ3v) is 3.82. The largest absolute Gasteiger partial charge is 0.444 e. The molecule has 1 fully saturated rings. The summed E-state index contributed by atoms with van der Waals surface area (Å²) in [5.74, 6) is -0.379. The van der Waals surface area contributed by atoms with Crippen LogP contribution in [-0.4, -0.2) is 23.7 Å². The van der Waals surface area contributed by atoms with E-state index in [1.54, 1.807) is 18.3 Å². The van der Waals surface area contributed by atoms with Gasteiger partial charge in [0, 0.05) is 23.0 Å². The molecular weight excluding hydrogens is 283 g/mol. The quantitative estimate of drug-likeness (QED) is 0.862. The SMILES string of the molecule is CC[C@H]1CN(c2ccc(-c3ccc(C)nc3)c(F)c2)C(=O)O1. The summed E-state index contributed by atoms with van der Waals surface area (Å²) in [6.07, 6.45) is 1.84. The number of cyclic esters (lactones) is 1. The highest BCUT2D eigenvalue weighted by Gasteiger charge is 2.31. The van der Waals surface area contributed by atoms with E-state index in [9.17, 15) is 9.18 Å². The molecule has 1 saturated heterocycles. The van der Waals surface area contributed by atoms with Gasteiger partial charge >= 0.3 is 6.09 Å². The number of benzene rings is 1. The van der Waals surface area contributed by atoms with Crippen molar-refractivity contribution in [3.8, 4) is 11.1 Å². The number of anilines is 1. The average Bonchev–Trinajstić information content (AvgIpc) is 2.89. The second kappa shape index (κ2) is 5.75. The fourth-order valence-electron chi connectivity index (χ4n) is 2.48. The highest BCUT2D eigenvalue weighted by atomic mass is 19.1. The Labute approximate surface area is 128 Å². The summed E-state index contributed by atoms with van der Waals surface area (Å²) < 4.78 is 19.6. The van der Waals surface area contributed by atoms with Gasteiger partial charge in [-0.1, -0.05) is 13.0 Å². The van der Waals surface area contributed by atoms with Gasteiger partial charge in [-0.05, 0) is 37.6 Å². The molecule has 0 N–H and O–H groups in total. The smallest absolute Gasteiger partial charge is 0.414 e. The van der Waals surface area contributed by atoms with E-state index in [4.69, 9.17) is 4.74 Å². The molecule has 0 saturated carbocycles. The minimum Gasteiger partial charge on any atom is -0.444 e. The van der Waals surface area contributed by atoms with Crippen LogP contribution in [0.4, 0.5) is 14.9 Å². The summed E-state index contributed by atoms with van der Waals surface area (Å²) in [6.45, 7) is 4.29. The molecule has 4 nitrogen and oxygen atoms in total. The van der Waals surface area contributed by atoms with Gasteiger partial charge in [0.2, 0.25) is 0 Å². The Balaban J connectivity index is 1.89. The molecule has 1 aliphatic heterocycles. The number of pyridine rings is 1. The lowest BCUT2D eigenvalue weighted by Gasteiger charge is -2.14. The third kappa shape index (κ3) is 2.66. The van der Waals surface area contributed by atoms with E-state index in [-0.39, 0.29) is 11.9 Å². The molecule has 114 valence electrons. The number of ether oxygens (including phenoxy) is 1. The lowest BCUT2D eigenvalue weighted by Crippen LogP contribution is -2.24. The zero-order valence-corrected chi connectivity index (χ0v) is 12.5. The minimum atomic E-state index is -0.420. The van der Waals surface area contributed by atoms with Gasteiger partial charge in [-0.15, -0.1) is 0 Å².